The highest BCUT2D eigenvalue weighted by atomic mass is 79.9. The van der Waals surface area contributed by atoms with E-state index in [1.165, 1.54) is 0 Å². The molecule has 0 saturated carbocycles. The molecule has 0 aromatic heterocycles. The Morgan fingerprint density at radius 3 is 2.22 bits per heavy atom. The third kappa shape index (κ3) is 6.21. The van der Waals surface area contributed by atoms with E-state index in [-0.39, 0.29) is 0 Å². The van der Waals surface area contributed by atoms with Crippen LogP contribution in [0.4, 0.5) is 0 Å². The monoisotopic (exact) mass is 427 g/mol. The second-order valence-electron chi connectivity index (χ2n) is 6.07. The Morgan fingerprint density at radius 1 is 1.00 bits per heavy atom. The Labute approximate surface area is 170 Å². The van der Waals surface area contributed by atoms with E-state index in [4.69, 9.17) is 4.74 Å². The molecule has 1 atom stereocenters. The van der Waals surface area contributed by atoms with Gasteiger partial charge in [0.1, 0.15) is 18.0 Å². The molecule has 27 heavy (non-hydrogen) atoms. The lowest BCUT2D eigenvalue weighted by molar-refractivity contribution is 0.135. The maximum absolute atomic E-state index is 11.1. The zero-order valence-corrected chi connectivity index (χ0v) is 17.0. The summed E-state index contributed by atoms with van der Waals surface area (Å²) < 4.78 is 6.68. The number of aliphatic hydroxyl groups is 1. The maximum atomic E-state index is 11.1. The fourth-order valence-electron chi connectivity index (χ4n) is 2.60. The normalized spacial score (nSPS) is 13.3. The molecule has 0 bridgehead atoms. The van der Waals surface area contributed by atoms with Crippen LogP contribution < -0.4 is 10.1 Å². The number of halogens is 1. The van der Waals surface area contributed by atoms with Crippen LogP contribution in [0.5, 0.6) is 5.75 Å². The van der Waals surface area contributed by atoms with Crippen LogP contribution in [-0.4, -0.2) is 24.8 Å². The standard InChI is InChI=1S/C23H26BrNO2/c1-3-5-16-25-17-6-7-18-27-22-14-10-20(11-15-22)23(26,4-2)19-8-12-21(24)13-9-19/h3-4,6-15,25-26H,1-2,5,16-18H2. The van der Waals surface area contributed by atoms with Gasteiger partial charge in [0, 0.05) is 11.0 Å². The Morgan fingerprint density at radius 2 is 1.63 bits per heavy atom. The van der Waals surface area contributed by atoms with Gasteiger partial charge in [0.25, 0.3) is 0 Å². The summed E-state index contributed by atoms with van der Waals surface area (Å²) in [5.74, 6) is 0.755. The van der Waals surface area contributed by atoms with Gasteiger partial charge in [0.2, 0.25) is 0 Å². The predicted octanol–water partition coefficient (Wildman–Crippen LogP) is 4.97. The van der Waals surface area contributed by atoms with Crippen molar-refractivity contribution in [2.45, 2.75) is 12.0 Å². The zero-order valence-electron chi connectivity index (χ0n) is 15.4. The van der Waals surface area contributed by atoms with Gasteiger partial charge in [-0.3, -0.25) is 0 Å². The van der Waals surface area contributed by atoms with Gasteiger partial charge < -0.3 is 15.2 Å². The highest BCUT2D eigenvalue weighted by Gasteiger charge is 2.27. The van der Waals surface area contributed by atoms with E-state index >= 15 is 0 Å². The Hall–Kier alpha value is -2.14. The van der Waals surface area contributed by atoms with Crippen LogP contribution in [0.2, 0.25) is 0 Å². The summed E-state index contributed by atoms with van der Waals surface area (Å²) >= 11 is 3.41. The topological polar surface area (TPSA) is 41.5 Å². The Kier molecular flexibility index (Phi) is 8.52. The van der Waals surface area contributed by atoms with Crippen LogP contribution >= 0.6 is 15.9 Å². The minimum Gasteiger partial charge on any atom is -0.490 e. The van der Waals surface area contributed by atoms with Crippen LogP contribution in [0.1, 0.15) is 17.5 Å². The highest BCUT2D eigenvalue weighted by Crippen LogP contribution is 2.32. The summed E-state index contributed by atoms with van der Waals surface area (Å²) in [7, 11) is 0. The largest absolute Gasteiger partial charge is 0.490 e. The molecule has 1 unspecified atom stereocenters. The van der Waals surface area contributed by atoms with Gasteiger partial charge >= 0.3 is 0 Å². The lowest BCUT2D eigenvalue weighted by atomic mass is 9.86. The number of rotatable bonds is 11. The van der Waals surface area contributed by atoms with Crippen LogP contribution in [0.25, 0.3) is 0 Å². The molecule has 2 aromatic rings. The smallest absolute Gasteiger partial charge is 0.133 e. The van der Waals surface area contributed by atoms with E-state index in [1.807, 2.05) is 66.8 Å². The van der Waals surface area contributed by atoms with Crippen molar-refractivity contribution >= 4 is 15.9 Å². The summed E-state index contributed by atoms with van der Waals surface area (Å²) in [6.07, 6.45) is 8.44. The van der Waals surface area contributed by atoms with E-state index in [0.29, 0.717) is 6.61 Å². The quantitative estimate of drug-likeness (QED) is 0.392. The Balaban J connectivity index is 1.93. The molecular weight excluding hydrogens is 402 g/mol. The number of ether oxygens (including phenoxy) is 1. The molecule has 0 aliphatic heterocycles. The maximum Gasteiger partial charge on any atom is 0.133 e. The van der Waals surface area contributed by atoms with E-state index in [9.17, 15) is 5.11 Å². The second kappa shape index (κ2) is 10.9. The molecular formula is C23H26BrNO2. The molecule has 2 aromatic carbocycles. The van der Waals surface area contributed by atoms with E-state index in [1.54, 1.807) is 6.08 Å². The molecule has 2 rings (SSSR count). The summed E-state index contributed by atoms with van der Waals surface area (Å²) in [6, 6.07) is 15.0. The van der Waals surface area contributed by atoms with Gasteiger partial charge in [-0.1, -0.05) is 71.1 Å². The van der Waals surface area contributed by atoms with Gasteiger partial charge in [-0.05, 0) is 48.4 Å². The van der Waals surface area contributed by atoms with Crippen molar-refractivity contribution in [1.29, 1.82) is 0 Å². The molecule has 0 saturated heterocycles. The van der Waals surface area contributed by atoms with Gasteiger partial charge in [0.15, 0.2) is 0 Å². The van der Waals surface area contributed by atoms with Crippen molar-refractivity contribution < 1.29 is 9.84 Å². The summed E-state index contributed by atoms with van der Waals surface area (Å²) in [5.41, 5.74) is 0.270. The third-order valence-electron chi connectivity index (χ3n) is 4.17. The van der Waals surface area contributed by atoms with Crippen LogP contribution in [0.3, 0.4) is 0 Å². The first-order chi connectivity index (χ1) is 13.1. The molecule has 2 N–H and O–H groups in total. The third-order valence-corrected chi connectivity index (χ3v) is 4.70. The summed E-state index contributed by atoms with van der Waals surface area (Å²) in [4.78, 5) is 0. The molecule has 0 aliphatic rings. The van der Waals surface area contributed by atoms with E-state index in [0.717, 1.165) is 40.9 Å². The van der Waals surface area contributed by atoms with Gasteiger partial charge in [-0.15, -0.1) is 6.58 Å². The van der Waals surface area contributed by atoms with E-state index in [2.05, 4.69) is 34.4 Å². The van der Waals surface area contributed by atoms with Crippen LogP contribution in [0.15, 0.2) is 90.5 Å². The first-order valence-corrected chi connectivity index (χ1v) is 9.71. The van der Waals surface area contributed by atoms with Crippen LogP contribution in [-0.2, 0) is 5.60 Å². The van der Waals surface area contributed by atoms with Crippen molar-refractivity contribution in [2.75, 3.05) is 19.7 Å². The minimum atomic E-state index is -1.24. The number of hydrogen-bond donors (Lipinski definition) is 2. The minimum absolute atomic E-state index is 0.501. The van der Waals surface area contributed by atoms with Crippen molar-refractivity contribution in [3.63, 3.8) is 0 Å². The first kappa shape index (κ1) is 21.2. The molecule has 4 heteroatoms. The average molecular weight is 428 g/mol. The highest BCUT2D eigenvalue weighted by molar-refractivity contribution is 9.10. The zero-order chi connectivity index (χ0) is 19.5. The fraction of sp³-hybridized carbons (Fsp3) is 0.217. The van der Waals surface area contributed by atoms with Crippen molar-refractivity contribution in [3.8, 4) is 5.75 Å². The number of benzene rings is 2. The molecule has 0 fully saturated rings. The first-order valence-electron chi connectivity index (χ1n) is 8.92. The fourth-order valence-corrected chi connectivity index (χ4v) is 2.86. The molecule has 3 nitrogen and oxygen atoms in total. The molecule has 0 aliphatic carbocycles. The number of nitrogens with one attached hydrogen (secondary N) is 1. The average Bonchev–Trinajstić information content (AvgIpc) is 2.70. The Bertz CT molecular complexity index is 753. The molecule has 0 amide bonds. The van der Waals surface area contributed by atoms with Crippen LogP contribution in [0, 0.1) is 0 Å². The molecule has 0 heterocycles. The molecule has 142 valence electrons. The van der Waals surface area contributed by atoms with Gasteiger partial charge in [-0.25, -0.2) is 0 Å². The van der Waals surface area contributed by atoms with Gasteiger partial charge in [0.05, 0.1) is 0 Å². The molecule has 0 radical (unpaired) electrons. The number of hydrogen-bond acceptors (Lipinski definition) is 3. The van der Waals surface area contributed by atoms with Crippen molar-refractivity contribution in [1.82, 2.24) is 5.32 Å². The van der Waals surface area contributed by atoms with Crippen molar-refractivity contribution in [3.05, 3.63) is 102 Å². The summed E-state index contributed by atoms with van der Waals surface area (Å²) in [5, 5.41) is 14.4. The van der Waals surface area contributed by atoms with Crippen molar-refractivity contribution in [2.24, 2.45) is 0 Å². The lowest BCUT2D eigenvalue weighted by Crippen LogP contribution is -2.24. The SMILES string of the molecule is C=CCCNCC=CCOc1ccc(C(O)(C=C)c2ccc(Br)cc2)cc1. The lowest BCUT2D eigenvalue weighted by Gasteiger charge is -2.26. The van der Waals surface area contributed by atoms with E-state index < -0.39 is 5.60 Å². The summed E-state index contributed by atoms with van der Waals surface area (Å²) in [6.45, 7) is 9.75. The molecule has 0 spiro atoms. The predicted molar refractivity (Wildman–Crippen MR) is 116 cm³/mol. The second-order valence-corrected chi connectivity index (χ2v) is 6.98. The van der Waals surface area contributed by atoms with Gasteiger partial charge in [-0.2, -0.15) is 0 Å².